The van der Waals surface area contributed by atoms with E-state index in [1.807, 2.05) is 24.3 Å². The smallest absolute Gasteiger partial charge is 0.412 e. The maximum atomic E-state index is 13.6. The van der Waals surface area contributed by atoms with Gasteiger partial charge in [-0.3, -0.25) is 10.1 Å². The van der Waals surface area contributed by atoms with Crippen LogP contribution in [-0.2, 0) is 16.1 Å². The zero-order valence-corrected chi connectivity index (χ0v) is 21.6. The number of halogens is 2. The van der Waals surface area contributed by atoms with Crippen molar-refractivity contribution >= 4 is 40.2 Å². The van der Waals surface area contributed by atoms with Crippen LogP contribution >= 0.6 is 11.6 Å². The molecule has 1 heterocycles. The summed E-state index contributed by atoms with van der Waals surface area (Å²) in [6.45, 7) is 3.53. The molecule has 0 fully saturated rings. The maximum absolute atomic E-state index is 13.6. The predicted octanol–water partition coefficient (Wildman–Crippen LogP) is 4.79. The highest BCUT2D eigenvalue weighted by molar-refractivity contribution is 6.31. The summed E-state index contributed by atoms with van der Waals surface area (Å²) in [5, 5.41) is 20.3. The Bertz CT molecular complexity index is 1220. The molecule has 0 spiro atoms. The number of carbonyl (C=O) groups is 2. The summed E-state index contributed by atoms with van der Waals surface area (Å²) in [5.41, 5.74) is -0.307. The fraction of sp³-hybridized carbons (Fsp3) is 0.370. The molecule has 0 saturated carbocycles. The summed E-state index contributed by atoms with van der Waals surface area (Å²) >= 11 is 5.95. The van der Waals surface area contributed by atoms with Crippen LogP contribution in [0.3, 0.4) is 0 Å². The number of nitrogens with zero attached hydrogens (tertiary/aromatic N) is 1. The van der Waals surface area contributed by atoms with Crippen molar-refractivity contribution in [2.24, 2.45) is 0 Å². The molecule has 0 unspecified atom stereocenters. The van der Waals surface area contributed by atoms with E-state index in [-0.39, 0.29) is 30.6 Å². The van der Waals surface area contributed by atoms with Gasteiger partial charge < -0.3 is 20.5 Å². The van der Waals surface area contributed by atoms with Gasteiger partial charge in [-0.2, -0.15) is 0 Å². The molecule has 0 saturated heterocycles. The normalized spacial score (nSPS) is 12.2. The average molecular weight is 531 g/mol. The molecular formula is C27H32ClFN4O4. The summed E-state index contributed by atoms with van der Waals surface area (Å²) in [4.78, 5) is 29.1. The molecular weight excluding hydrogens is 499 g/mol. The van der Waals surface area contributed by atoms with Crippen molar-refractivity contribution in [3.63, 3.8) is 0 Å². The summed E-state index contributed by atoms with van der Waals surface area (Å²) < 4.78 is 18.9. The van der Waals surface area contributed by atoms with E-state index in [1.165, 1.54) is 6.07 Å². The Balaban J connectivity index is 1.51. The Morgan fingerprint density at radius 2 is 1.92 bits per heavy atom. The number of amides is 2. The Labute approximate surface area is 220 Å². The number of rotatable bonds is 12. The molecule has 2 amide bonds. The van der Waals surface area contributed by atoms with Crippen LogP contribution < -0.4 is 16.0 Å². The minimum absolute atomic E-state index is 0.0141. The zero-order chi connectivity index (χ0) is 26.8. The van der Waals surface area contributed by atoms with Crippen molar-refractivity contribution in [1.29, 1.82) is 0 Å². The van der Waals surface area contributed by atoms with Crippen molar-refractivity contribution in [2.75, 3.05) is 18.5 Å². The topological polar surface area (TPSA) is 113 Å². The Hall–Kier alpha value is -3.27. The lowest BCUT2D eigenvalue weighted by molar-refractivity contribution is -0.121. The van der Waals surface area contributed by atoms with Gasteiger partial charge in [-0.05, 0) is 56.2 Å². The molecule has 4 N–H and O–H groups in total. The third-order valence-electron chi connectivity index (χ3n) is 5.62. The number of fused-ring (bicyclic) bond motifs is 1. The first-order valence-corrected chi connectivity index (χ1v) is 12.4. The first-order chi connectivity index (χ1) is 17.6. The SMILES string of the molecule is CC(C)(O)CCC[C@@H](COC(=O)Nc1cc2ccccc2cn1)NC(=O)CNCc1cccc(F)c1Cl. The first kappa shape index (κ1) is 28.3. The minimum atomic E-state index is -0.847. The average Bonchev–Trinajstić information content (AvgIpc) is 2.84. The van der Waals surface area contributed by atoms with Gasteiger partial charge in [0.25, 0.3) is 0 Å². The van der Waals surface area contributed by atoms with Crippen LogP contribution in [0.4, 0.5) is 15.0 Å². The molecule has 1 aromatic heterocycles. The molecule has 0 radical (unpaired) electrons. The summed E-state index contributed by atoms with van der Waals surface area (Å²) in [7, 11) is 0. The third-order valence-corrected chi connectivity index (χ3v) is 6.04. The lowest BCUT2D eigenvalue weighted by Crippen LogP contribution is -2.43. The quantitative estimate of drug-likeness (QED) is 0.268. The van der Waals surface area contributed by atoms with Crippen molar-refractivity contribution in [3.8, 4) is 0 Å². The molecule has 0 aliphatic heterocycles. The summed E-state index contributed by atoms with van der Waals surface area (Å²) in [5.74, 6) is -0.487. The number of pyridine rings is 1. The van der Waals surface area contributed by atoms with Gasteiger partial charge in [0.15, 0.2) is 0 Å². The van der Waals surface area contributed by atoms with Crippen molar-refractivity contribution in [2.45, 2.75) is 51.3 Å². The standard InChI is InChI=1S/C27H32ClFN4O4/c1-27(2,36)12-6-10-21(32-24(34)16-30-14-20-9-5-11-22(29)25(20)28)17-37-26(35)33-23-13-18-7-3-4-8-19(18)15-31-23/h3-5,7-9,11,13,15,21,30,36H,6,10,12,14,16-17H2,1-2H3,(H,32,34)(H,31,33,35)/t21-/m0/s1. The number of hydrogen-bond acceptors (Lipinski definition) is 6. The zero-order valence-electron chi connectivity index (χ0n) is 20.9. The molecule has 2 aromatic carbocycles. The maximum Gasteiger partial charge on any atom is 0.412 e. The van der Waals surface area contributed by atoms with Gasteiger partial charge in [-0.15, -0.1) is 0 Å². The minimum Gasteiger partial charge on any atom is -0.447 e. The van der Waals surface area contributed by atoms with Crippen molar-refractivity contribution in [3.05, 3.63) is 71.1 Å². The number of carbonyl (C=O) groups excluding carboxylic acids is 2. The molecule has 3 rings (SSSR count). The Morgan fingerprint density at radius 1 is 1.16 bits per heavy atom. The molecule has 198 valence electrons. The number of nitrogens with one attached hydrogen (secondary N) is 3. The van der Waals surface area contributed by atoms with Crippen LogP contribution in [0.5, 0.6) is 0 Å². The van der Waals surface area contributed by atoms with Crippen LogP contribution in [0, 0.1) is 5.82 Å². The molecule has 0 bridgehead atoms. The Kier molecular flexibility index (Phi) is 10.2. The second-order valence-corrected chi connectivity index (χ2v) is 9.80. The van der Waals surface area contributed by atoms with E-state index in [2.05, 4.69) is 20.9 Å². The van der Waals surface area contributed by atoms with E-state index < -0.39 is 23.6 Å². The Morgan fingerprint density at radius 3 is 2.68 bits per heavy atom. The second-order valence-electron chi connectivity index (χ2n) is 9.43. The van der Waals surface area contributed by atoms with Crippen molar-refractivity contribution in [1.82, 2.24) is 15.6 Å². The summed E-state index contributed by atoms with van der Waals surface area (Å²) in [6, 6.07) is 13.4. The predicted molar refractivity (Wildman–Crippen MR) is 142 cm³/mol. The number of ether oxygens (including phenoxy) is 1. The van der Waals surface area contributed by atoms with E-state index in [9.17, 15) is 19.1 Å². The van der Waals surface area contributed by atoms with E-state index in [0.29, 0.717) is 30.6 Å². The number of hydrogen-bond donors (Lipinski definition) is 4. The van der Waals surface area contributed by atoms with Gasteiger partial charge in [-0.1, -0.05) is 48.0 Å². The van der Waals surface area contributed by atoms with Gasteiger partial charge in [0.1, 0.15) is 18.2 Å². The van der Waals surface area contributed by atoms with Gasteiger partial charge in [0.2, 0.25) is 5.91 Å². The van der Waals surface area contributed by atoms with E-state index in [4.69, 9.17) is 16.3 Å². The fourth-order valence-corrected chi connectivity index (χ4v) is 3.91. The highest BCUT2D eigenvalue weighted by Gasteiger charge is 2.18. The van der Waals surface area contributed by atoms with Crippen LogP contribution in [0.2, 0.25) is 5.02 Å². The largest absolute Gasteiger partial charge is 0.447 e. The lowest BCUT2D eigenvalue weighted by atomic mass is 9.99. The van der Waals surface area contributed by atoms with Crippen LogP contribution in [0.25, 0.3) is 10.8 Å². The molecule has 0 aliphatic carbocycles. The molecule has 0 aliphatic rings. The van der Waals surface area contributed by atoms with Gasteiger partial charge in [0.05, 0.1) is 23.2 Å². The fourth-order valence-electron chi connectivity index (χ4n) is 3.72. The van der Waals surface area contributed by atoms with Gasteiger partial charge in [0, 0.05) is 18.1 Å². The van der Waals surface area contributed by atoms with Crippen molar-refractivity contribution < 1.29 is 23.8 Å². The molecule has 1 atom stereocenters. The highest BCUT2D eigenvalue weighted by Crippen LogP contribution is 2.19. The number of aromatic nitrogens is 1. The van der Waals surface area contributed by atoms with Crippen LogP contribution in [-0.4, -0.2) is 46.9 Å². The molecule has 3 aromatic rings. The number of anilines is 1. The summed E-state index contributed by atoms with van der Waals surface area (Å²) in [6.07, 6.45) is 2.59. The van der Waals surface area contributed by atoms with Crippen LogP contribution in [0.15, 0.2) is 54.7 Å². The van der Waals surface area contributed by atoms with E-state index in [1.54, 1.807) is 38.2 Å². The molecule has 8 nitrogen and oxygen atoms in total. The van der Waals surface area contributed by atoms with E-state index >= 15 is 0 Å². The lowest BCUT2D eigenvalue weighted by Gasteiger charge is -2.22. The first-order valence-electron chi connectivity index (χ1n) is 12.0. The van der Waals surface area contributed by atoms with E-state index in [0.717, 1.165) is 10.8 Å². The van der Waals surface area contributed by atoms with Crippen LogP contribution in [0.1, 0.15) is 38.7 Å². The number of aliphatic hydroxyl groups is 1. The highest BCUT2D eigenvalue weighted by atomic mass is 35.5. The second kappa shape index (κ2) is 13.3. The monoisotopic (exact) mass is 530 g/mol. The molecule has 10 heteroatoms. The third kappa shape index (κ3) is 9.60. The number of benzene rings is 2. The van der Waals surface area contributed by atoms with Gasteiger partial charge in [-0.25, -0.2) is 14.2 Å². The van der Waals surface area contributed by atoms with Gasteiger partial charge >= 0.3 is 6.09 Å². The molecule has 37 heavy (non-hydrogen) atoms.